The molecule has 3 N–H and O–H groups in total. The number of fused-ring (bicyclic) bond motifs is 1. The SMILES string of the molecule is Cc1ccc(C(=O)O)cc1-c1cccc(S(=O)(=O)N(C)CC(O)CNC(C)(C)CC2Cc3ccccc3C2)c1. The van der Waals surface area contributed by atoms with Gasteiger partial charge in [0.2, 0.25) is 10.0 Å². The van der Waals surface area contributed by atoms with Crippen LogP contribution >= 0.6 is 0 Å². The number of aliphatic hydroxyl groups is 1. The Morgan fingerprint density at radius 1 is 1.05 bits per heavy atom. The summed E-state index contributed by atoms with van der Waals surface area (Å²) in [6, 6.07) is 19.8. The van der Waals surface area contributed by atoms with Crippen molar-refractivity contribution in [1.82, 2.24) is 9.62 Å². The van der Waals surface area contributed by atoms with E-state index in [2.05, 4.69) is 43.4 Å². The van der Waals surface area contributed by atoms with Crippen LogP contribution in [0.3, 0.4) is 0 Å². The molecule has 0 spiro atoms. The molecule has 3 aromatic carbocycles. The standard InChI is InChI=1S/C31H38N2O5S/c1-21-12-13-26(30(35)36)17-29(21)25-10-7-11-28(16-25)39(37,38)33(4)20-27(34)19-32-31(2,3)18-22-14-23-8-5-6-9-24(23)15-22/h5-13,16-17,22,27,32,34H,14-15,18-20H2,1-4H3,(H,35,36). The highest BCUT2D eigenvalue weighted by molar-refractivity contribution is 7.89. The number of sulfonamides is 1. The summed E-state index contributed by atoms with van der Waals surface area (Å²) in [6.45, 7) is 6.31. The number of β-amino-alcohol motifs (C(OH)–C–C–N with tert-alkyl or cyclic N) is 1. The van der Waals surface area contributed by atoms with Gasteiger partial charge in [-0.15, -0.1) is 0 Å². The van der Waals surface area contributed by atoms with E-state index >= 15 is 0 Å². The quantitative estimate of drug-likeness (QED) is 0.324. The monoisotopic (exact) mass is 550 g/mol. The highest BCUT2D eigenvalue weighted by atomic mass is 32.2. The van der Waals surface area contributed by atoms with E-state index in [9.17, 15) is 23.4 Å². The first-order chi connectivity index (χ1) is 18.4. The van der Waals surface area contributed by atoms with Gasteiger partial charge in [0.25, 0.3) is 0 Å². The van der Waals surface area contributed by atoms with E-state index in [4.69, 9.17) is 0 Å². The van der Waals surface area contributed by atoms with E-state index in [1.165, 1.54) is 34.6 Å². The lowest BCUT2D eigenvalue weighted by Crippen LogP contribution is -2.47. The number of rotatable bonds is 11. The number of carboxylic acids is 1. The van der Waals surface area contributed by atoms with E-state index in [0.717, 1.165) is 24.8 Å². The van der Waals surface area contributed by atoms with E-state index in [1.807, 2.05) is 6.92 Å². The summed E-state index contributed by atoms with van der Waals surface area (Å²) in [5, 5.41) is 23.5. The molecule has 208 valence electrons. The molecule has 39 heavy (non-hydrogen) atoms. The van der Waals surface area contributed by atoms with Crippen LogP contribution in [0.5, 0.6) is 0 Å². The first-order valence-electron chi connectivity index (χ1n) is 13.3. The molecule has 3 aromatic rings. The zero-order chi connectivity index (χ0) is 28.4. The molecule has 8 heteroatoms. The van der Waals surface area contributed by atoms with Crippen molar-refractivity contribution in [2.75, 3.05) is 20.1 Å². The van der Waals surface area contributed by atoms with Gasteiger partial charge in [-0.05, 0) is 98.0 Å². The minimum absolute atomic E-state index is 0.0575. The summed E-state index contributed by atoms with van der Waals surface area (Å²) in [5.74, 6) is -0.504. The molecule has 0 saturated carbocycles. The Kier molecular flexibility index (Phi) is 8.61. The van der Waals surface area contributed by atoms with Crippen molar-refractivity contribution >= 4 is 16.0 Å². The molecular weight excluding hydrogens is 512 g/mol. The predicted molar refractivity (Wildman–Crippen MR) is 153 cm³/mol. The molecule has 0 fully saturated rings. The number of aryl methyl sites for hydroxylation is 1. The summed E-state index contributed by atoms with van der Waals surface area (Å²) in [5.41, 5.74) is 4.87. The fraction of sp³-hybridized carbons (Fsp3) is 0.387. The van der Waals surface area contributed by atoms with E-state index in [1.54, 1.807) is 30.3 Å². The smallest absolute Gasteiger partial charge is 0.335 e. The maximum Gasteiger partial charge on any atom is 0.335 e. The average molecular weight is 551 g/mol. The van der Waals surface area contributed by atoms with Crippen LogP contribution in [-0.4, -0.2) is 60.7 Å². The van der Waals surface area contributed by atoms with Crippen LogP contribution < -0.4 is 5.32 Å². The molecule has 0 heterocycles. The topological polar surface area (TPSA) is 107 Å². The summed E-state index contributed by atoms with van der Waals surface area (Å²) in [7, 11) is -2.42. The van der Waals surface area contributed by atoms with Crippen molar-refractivity contribution in [3.63, 3.8) is 0 Å². The van der Waals surface area contributed by atoms with Gasteiger partial charge in [0.05, 0.1) is 16.6 Å². The van der Waals surface area contributed by atoms with E-state index in [-0.39, 0.29) is 29.1 Å². The van der Waals surface area contributed by atoms with Crippen LogP contribution in [0.2, 0.25) is 0 Å². The van der Waals surface area contributed by atoms with Crippen molar-refractivity contribution in [3.8, 4) is 11.1 Å². The molecule has 7 nitrogen and oxygen atoms in total. The largest absolute Gasteiger partial charge is 0.478 e. The molecule has 0 saturated heterocycles. The van der Waals surface area contributed by atoms with Crippen LogP contribution in [0.1, 0.15) is 47.3 Å². The third-order valence-electron chi connectivity index (χ3n) is 7.56. The van der Waals surface area contributed by atoms with Crippen LogP contribution in [0.15, 0.2) is 71.6 Å². The molecule has 0 aromatic heterocycles. The molecule has 0 radical (unpaired) electrons. The fourth-order valence-corrected chi connectivity index (χ4v) is 6.77. The van der Waals surface area contributed by atoms with Crippen LogP contribution in [0.25, 0.3) is 11.1 Å². The van der Waals surface area contributed by atoms with Crippen molar-refractivity contribution in [2.45, 2.75) is 56.6 Å². The predicted octanol–water partition coefficient (Wildman–Crippen LogP) is 4.51. The molecule has 1 atom stereocenters. The second kappa shape index (κ2) is 11.6. The Balaban J connectivity index is 1.37. The van der Waals surface area contributed by atoms with Crippen molar-refractivity contribution in [3.05, 3.63) is 89.0 Å². The number of aromatic carboxylic acids is 1. The Bertz CT molecular complexity index is 1430. The van der Waals surface area contributed by atoms with Crippen molar-refractivity contribution in [2.24, 2.45) is 5.92 Å². The molecule has 0 bridgehead atoms. The van der Waals surface area contributed by atoms with Crippen molar-refractivity contribution < 1.29 is 23.4 Å². The van der Waals surface area contributed by atoms with Gasteiger partial charge in [-0.2, -0.15) is 4.31 Å². The third kappa shape index (κ3) is 6.94. The number of nitrogens with zero attached hydrogens (tertiary/aromatic N) is 1. The van der Waals surface area contributed by atoms with Gasteiger partial charge in [-0.3, -0.25) is 0 Å². The lowest BCUT2D eigenvalue weighted by Gasteiger charge is -2.31. The fourth-order valence-electron chi connectivity index (χ4n) is 5.51. The van der Waals surface area contributed by atoms with E-state index in [0.29, 0.717) is 17.0 Å². The van der Waals surface area contributed by atoms with Crippen LogP contribution in [0.4, 0.5) is 0 Å². The normalized spacial score (nSPS) is 14.9. The Labute approximate surface area is 231 Å². The summed E-state index contributed by atoms with van der Waals surface area (Å²) in [4.78, 5) is 11.5. The Morgan fingerprint density at radius 2 is 1.72 bits per heavy atom. The lowest BCUT2D eigenvalue weighted by atomic mass is 9.88. The highest BCUT2D eigenvalue weighted by Gasteiger charge is 2.29. The number of hydrogen-bond donors (Lipinski definition) is 3. The number of carboxylic acid groups (broad SMARTS) is 1. The van der Waals surface area contributed by atoms with E-state index < -0.39 is 22.1 Å². The van der Waals surface area contributed by atoms with Gasteiger partial charge in [-0.25, -0.2) is 13.2 Å². The van der Waals surface area contributed by atoms with Gasteiger partial charge in [0, 0.05) is 25.7 Å². The lowest BCUT2D eigenvalue weighted by molar-refractivity contribution is 0.0697. The first kappa shape index (κ1) is 29.0. The third-order valence-corrected chi connectivity index (χ3v) is 9.38. The van der Waals surface area contributed by atoms with Crippen molar-refractivity contribution in [1.29, 1.82) is 0 Å². The van der Waals surface area contributed by atoms with Crippen LogP contribution in [-0.2, 0) is 22.9 Å². The maximum atomic E-state index is 13.4. The first-order valence-corrected chi connectivity index (χ1v) is 14.7. The van der Waals surface area contributed by atoms with Gasteiger partial charge in [-0.1, -0.05) is 42.5 Å². The summed E-state index contributed by atoms with van der Waals surface area (Å²) in [6.07, 6.45) is 2.19. The minimum atomic E-state index is -3.88. The number of hydrogen-bond acceptors (Lipinski definition) is 5. The molecular formula is C31H38N2O5S. The van der Waals surface area contributed by atoms with Gasteiger partial charge in [0.1, 0.15) is 0 Å². The number of aliphatic hydroxyl groups excluding tert-OH is 1. The molecule has 1 unspecified atom stereocenters. The average Bonchev–Trinajstić information content (AvgIpc) is 3.29. The Morgan fingerprint density at radius 3 is 2.36 bits per heavy atom. The highest BCUT2D eigenvalue weighted by Crippen LogP contribution is 2.32. The second-order valence-electron chi connectivity index (χ2n) is 11.3. The molecule has 0 aliphatic heterocycles. The maximum absolute atomic E-state index is 13.4. The van der Waals surface area contributed by atoms with Gasteiger partial charge in [0.15, 0.2) is 0 Å². The second-order valence-corrected chi connectivity index (χ2v) is 13.4. The number of benzene rings is 3. The zero-order valence-corrected chi connectivity index (χ0v) is 23.8. The Hall–Kier alpha value is -3.04. The minimum Gasteiger partial charge on any atom is -0.478 e. The summed E-state index contributed by atoms with van der Waals surface area (Å²) >= 11 is 0. The molecule has 1 aliphatic rings. The molecule has 0 amide bonds. The number of nitrogens with one attached hydrogen (secondary N) is 1. The molecule has 1 aliphatic carbocycles. The number of carbonyl (C=O) groups is 1. The summed E-state index contributed by atoms with van der Waals surface area (Å²) < 4.78 is 27.9. The van der Waals surface area contributed by atoms with Gasteiger partial charge < -0.3 is 15.5 Å². The zero-order valence-electron chi connectivity index (χ0n) is 23.0. The van der Waals surface area contributed by atoms with Crippen LogP contribution in [0, 0.1) is 12.8 Å². The number of likely N-dealkylation sites (N-methyl/N-ethyl adjacent to an activating group) is 1. The molecule has 4 rings (SSSR count). The van der Waals surface area contributed by atoms with Gasteiger partial charge >= 0.3 is 5.97 Å².